The molecular formula is C29H26F3N3O11S3. The Balaban J connectivity index is 0.000000603. The molecule has 1 saturated heterocycles. The summed E-state index contributed by atoms with van der Waals surface area (Å²) in [6.45, 7) is 0. The van der Waals surface area contributed by atoms with Crippen LogP contribution < -0.4 is 13.6 Å². The first-order valence-corrected chi connectivity index (χ1v) is 17.8. The number of para-hydroxylation sites is 1. The van der Waals surface area contributed by atoms with Crippen LogP contribution in [0.2, 0.25) is 0 Å². The number of nitrogens with zero attached hydrogens (tertiary/aromatic N) is 3. The quantitative estimate of drug-likeness (QED) is 0.106. The first-order chi connectivity index (χ1) is 22.9. The Morgan fingerprint density at radius 2 is 1.57 bits per heavy atom. The molecule has 5 rings (SSSR count). The van der Waals surface area contributed by atoms with E-state index in [9.17, 15) is 40.8 Å². The van der Waals surface area contributed by atoms with E-state index in [1.54, 1.807) is 30.3 Å². The normalized spacial score (nSPS) is 13.7. The van der Waals surface area contributed by atoms with Gasteiger partial charge in [-0.05, 0) is 48.2 Å². The third-order valence-electron chi connectivity index (χ3n) is 7.00. The van der Waals surface area contributed by atoms with Gasteiger partial charge in [0.1, 0.15) is 12.8 Å². The minimum absolute atomic E-state index is 0.0526. The first-order valence-electron chi connectivity index (χ1n) is 14.0. The maximum atomic E-state index is 14.3. The molecule has 0 atom stereocenters. The standard InChI is InChI=1S/C28H26N3O8S2.CHF3O3S/c1-29-22-7-4-3-6-20(22)26(21-15-16-40-28(21)29)27(35)31(18-9-11-19(38-2)12-10-18)41(36,37)17-5-8-25(34)39-30-23(32)13-14-24(30)33;2-1(3,4)8(5,6)7/h3-4,6-7,9-12,15-16H,5,8,13-14,17H2,1-2H3;(H,5,6,7)/q+1;/p-1. The van der Waals surface area contributed by atoms with Crippen molar-refractivity contribution in [2.24, 2.45) is 7.05 Å². The van der Waals surface area contributed by atoms with Crippen LogP contribution in [0, 0.1) is 0 Å². The minimum atomic E-state index is -6.09. The monoisotopic (exact) mass is 745 g/mol. The summed E-state index contributed by atoms with van der Waals surface area (Å²) < 4.78 is 94.4. The molecule has 0 unspecified atom stereocenters. The number of fused-ring (bicyclic) bond motifs is 2. The number of aryl methyl sites for hydroxylation is 1. The Bertz CT molecular complexity index is 2140. The van der Waals surface area contributed by atoms with Crippen molar-refractivity contribution in [2.45, 2.75) is 31.2 Å². The van der Waals surface area contributed by atoms with Gasteiger partial charge in [0.25, 0.3) is 22.6 Å². The van der Waals surface area contributed by atoms with Crippen LogP contribution in [0.15, 0.2) is 60.0 Å². The molecule has 0 spiro atoms. The van der Waals surface area contributed by atoms with Crippen LogP contribution in [0.5, 0.6) is 5.75 Å². The SMILES string of the molecule is COc1ccc(N(C(=O)c2c3ccccc3[n+](C)c3sccc23)S(=O)(=O)CCCC(=O)ON2C(=O)CCC2=O)cc1.O=S(=O)([O-])C(F)(F)F. The van der Waals surface area contributed by atoms with Crippen molar-refractivity contribution in [2.75, 3.05) is 17.2 Å². The molecule has 14 nitrogen and oxygen atoms in total. The first kappa shape index (κ1) is 37.2. The van der Waals surface area contributed by atoms with E-state index in [1.807, 2.05) is 29.1 Å². The van der Waals surface area contributed by atoms with E-state index in [-0.39, 0.29) is 36.9 Å². The Kier molecular flexibility index (Phi) is 11.0. The van der Waals surface area contributed by atoms with Crippen LogP contribution >= 0.6 is 11.3 Å². The number of hydroxylamine groups is 2. The van der Waals surface area contributed by atoms with Crippen molar-refractivity contribution in [1.29, 1.82) is 0 Å². The van der Waals surface area contributed by atoms with E-state index in [4.69, 9.17) is 22.5 Å². The van der Waals surface area contributed by atoms with Gasteiger partial charge in [0.15, 0.2) is 10.1 Å². The number of methoxy groups -OCH3 is 1. The van der Waals surface area contributed by atoms with Crippen molar-refractivity contribution < 1.29 is 67.9 Å². The van der Waals surface area contributed by atoms with E-state index in [0.29, 0.717) is 21.6 Å². The number of ether oxygens (including phenoxy) is 1. The number of anilines is 1. The molecular weight excluding hydrogens is 720 g/mol. The number of imide groups is 1. The lowest BCUT2D eigenvalue weighted by Gasteiger charge is -2.23. The summed E-state index contributed by atoms with van der Waals surface area (Å²) in [5, 5.41) is 3.45. The number of hydrogen-bond donors (Lipinski definition) is 0. The smallest absolute Gasteiger partial charge is 0.485 e. The summed E-state index contributed by atoms with van der Waals surface area (Å²) >= 11 is 1.43. The lowest BCUT2D eigenvalue weighted by molar-refractivity contribution is -0.615. The number of aromatic nitrogens is 1. The van der Waals surface area contributed by atoms with Crippen LogP contribution in [0.1, 0.15) is 36.0 Å². The number of amides is 3. The maximum absolute atomic E-state index is 14.3. The second kappa shape index (κ2) is 14.4. The molecule has 0 radical (unpaired) electrons. The van der Waals surface area contributed by atoms with Crippen LogP contribution in [0.3, 0.4) is 0 Å². The zero-order chi connectivity index (χ0) is 36.3. The topological polar surface area (TPSA) is 188 Å². The Hall–Kier alpha value is -4.66. The number of rotatable bonds is 9. The van der Waals surface area contributed by atoms with E-state index >= 15 is 0 Å². The van der Waals surface area contributed by atoms with Gasteiger partial charge in [-0.2, -0.15) is 17.7 Å². The molecule has 3 heterocycles. The number of halogens is 3. The van der Waals surface area contributed by atoms with Crippen molar-refractivity contribution in [3.63, 3.8) is 0 Å². The number of alkyl halides is 3. The average molecular weight is 746 g/mol. The van der Waals surface area contributed by atoms with E-state index < -0.39 is 55.1 Å². The summed E-state index contributed by atoms with van der Waals surface area (Å²) in [7, 11) is -7.07. The van der Waals surface area contributed by atoms with Gasteiger partial charge in [0, 0.05) is 25.3 Å². The second-order valence-electron chi connectivity index (χ2n) is 10.2. The number of hydrogen-bond acceptors (Lipinski definition) is 12. The molecule has 0 aliphatic carbocycles. The minimum Gasteiger partial charge on any atom is -0.741 e. The van der Waals surface area contributed by atoms with Crippen molar-refractivity contribution >= 4 is 82.0 Å². The molecule has 20 heteroatoms. The van der Waals surface area contributed by atoms with Gasteiger partial charge in [0.05, 0.1) is 34.9 Å². The van der Waals surface area contributed by atoms with Crippen molar-refractivity contribution in [3.05, 3.63) is 65.5 Å². The third kappa shape index (κ3) is 8.15. The molecule has 1 aliphatic heterocycles. The summed E-state index contributed by atoms with van der Waals surface area (Å²) in [6, 6.07) is 15.1. The molecule has 2 aromatic carbocycles. The molecule has 0 bridgehead atoms. The largest absolute Gasteiger partial charge is 0.741 e. The molecule has 2 aromatic heterocycles. The van der Waals surface area contributed by atoms with Gasteiger partial charge in [-0.25, -0.2) is 25.9 Å². The van der Waals surface area contributed by atoms with Crippen LogP contribution in [-0.2, 0) is 46.4 Å². The molecule has 1 fully saturated rings. The van der Waals surface area contributed by atoms with Gasteiger partial charge < -0.3 is 14.1 Å². The summed E-state index contributed by atoms with van der Waals surface area (Å²) in [4.78, 5) is 55.7. The van der Waals surface area contributed by atoms with Crippen LogP contribution in [0.4, 0.5) is 18.9 Å². The zero-order valence-electron chi connectivity index (χ0n) is 25.5. The molecule has 262 valence electrons. The number of sulfonamides is 1. The molecule has 49 heavy (non-hydrogen) atoms. The predicted molar refractivity (Wildman–Crippen MR) is 166 cm³/mol. The highest BCUT2D eigenvalue weighted by atomic mass is 32.2. The number of pyridine rings is 1. The lowest BCUT2D eigenvalue weighted by atomic mass is 10.0. The Morgan fingerprint density at radius 3 is 2.14 bits per heavy atom. The molecule has 4 aromatic rings. The highest BCUT2D eigenvalue weighted by molar-refractivity contribution is 7.93. The second-order valence-corrected chi connectivity index (χ2v) is 14.4. The van der Waals surface area contributed by atoms with Crippen LogP contribution in [0.25, 0.3) is 21.1 Å². The third-order valence-corrected chi connectivity index (χ3v) is 10.3. The van der Waals surface area contributed by atoms with E-state index in [2.05, 4.69) is 0 Å². The van der Waals surface area contributed by atoms with E-state index in [0.717, 1.165) is 14.7 Å². The van der Waals surface area contributed by atoms with Gasteiger partial charge >= 0.3 is 11.5 Å². The summed E-state index contributed by atoms with van der Waals surface area (Å²) in [5.74, 6) is -3.03. The molecule has 3 amide bonds. The zero-order valence-corrected chi connectivity index (χ0v) is 27.9. The van der Waals surface area contributed by atoms with Gasteiger partial charge in [-0.15, -0.1) is 5.06 Å². The number of benzene rings is 2. The molecule has 1 aliphatic rings. The maximum Gasteiger partial charge on any atom is 0.485 e. The van der Waals surface area contributed by atoms with Crippen LogP contribution in [-0.4, -0.2) is 68.5 Å². The lowest BCUT2D eigenvalue weighted by Crippen LogP contribution is -2.40. The molecule has 0 N–H and O–H groups in total. The highest BCUT2D eigenvalue weighted by Crippen LogP contribution is 2.32. The van der Waals surface area contributed by atoms with E-state index in [1.165, 1.54) is 30.6 Å². The van der Waals surface area contributed by atoms with Gasteiger partial charge in [-0.1, -0.05) is 23.5 Å². The molecule has 0 saturated carbocycles. The van der Waals surface area contributed by atoms with Gasteiger partial charge in [0.2, 0.25) is 15.5 Å². The number of thiophene rings is 1. The fraction of sp³-hybridized carbons (Fsp3) is 0.276. The van der Waals surface area contributed by atoms with Crippen molar-refractivity contribution in [1.82, 2.24) is 5.06 Å². The predicted octanol–water partition coefficient (Wildman–Crippen LogP) is 3.30. The summed E-state index contributed by atoms with van der Waals surface area (Å²) in [5.41, 5.74) is -4.55. The highest BCUT2D eigenvalue weighted by Gasteiger charge is 2.37. The fourth-order valence-electron chi connectivity index (χ4n) is 4.73. The average Bonchev–Trinajstić information content (AvgIpc) is 3.63. The summed E-state index contributed by atoms with van der Waals surface area (Å²) in [6.07, 6.45) is -0.707. The Morgan fingerprint density at radius 1 is 0.980 bits per heavy atom. The van der Waals surface area contributed by atoms with Gasteiger partial charge in [-0.3, -0.25) is 14.4 Å². The van der Waals surface area contributed by atoms with Crippen molar-refractivity contribution in [3.8, 4) is 5.75 Å². The number of carbonyl (C=O) groups excluding carboxylic acids is 4. The fourth-order valence-corrected chi connectivity index (χ4v) is 7.10. The Labute approximate surface area is 281 Å². The number of carbonyl (C=O) groups is 4.